The molecular weight excluding hydrogens is 182 g/mol. The first-order chi connectivity index (χ1) is 6.91. The van der Waals surface area contributed by atoms with Gasteiger partial charge in [0.1, 0.15) is 0 Å². The Morgan fingerprint density at radius 2 is 1.64 bits per heavy atom. The van der Waals surface area contributed by atoms with Crippen LogP contribution >= 0.6 is 0 Å². The van der Waals surface area contributed by atoms with Gasteiger partial charge in [0.05, 0.1) is 19.8 Å². The fourth-order valence-corrected chi connectivity index (χ4v) is 0.948. The summed E-state index contributed by atoms with van der Waals surface area (Å²) in [6.45, 7) is 7.63. The molecule has 0 aliphatic rings. The van der Waals surface area contributed by atoms with Crippen molar-refractivity contribution in [3.05, 3.63) is 0 Å². The highest BCUT2D eigenvalue weighted by molar-refractivity contribution is 4.40. The molecule has 4 nitrogen and oxygen atoms in total. The maximum absolute atomic E-state index is 5.32. The van der Waals surface area contributed by atoms with Crippen molar-refractivity contribution in [3.63, 3.8) is 0 Å². The van der Waals surface area contributed by atoms with Crippen LogP contribution in [0.15, 0.2) is 0 Å². The van der Waals surface area contributed by atoms with E-state index in [-0.39, 0.29) is 0 Å². The van der Waals surface area contributed by atoms with Gasteiger partial charge in [0, 0.05) is 26.9 Å². The van der Waals surface area contributed by atoms with Crippen molar-refractivity contribution in [2.24, 2.45) is 0 Å². The molecule has 0 aliphatic heterocycles. The fourth-order valence-electron chi connectivity index (χ4n) is 0.948. The van der Waals surface area contributed by atoms with Crippen LogP contribution in [0, 0.1) is 0 Å². The van der Waals surface area contributed by atoms with Gasteiger partial charge in [-0.05, 0) is 13.0 Å². The molecular formula is C10H23NO3. The molecule has 0 saturated heterocycles. The van der Waals surface area contributed by atoms with Crippen LogP contribution in [0.5, 0.6) is 0 Å². The zero-order valence-corrected chi connectivity index (χ0v) is 9.38. The van der Waals surface area contributed by atoms with Gasteiger partial charge in [-0.2, -0.15) is 0 Å². The van der Waals surface area contributed by atoms with Gasteiger partial charge in [0.2, 0.25) is 0 Å². The number of hydrogen-bond acceptors (Lipinski definition) is 4. The second-order valence-electron chi connectivity index (χ2n) is 2.92. The number of likely N-dealkylation sites (N-methyl/N-ethyl adjacent to an activating group) is 1. The molecule has 0 aromatic heterocycles. The molecule has 0 fully saturated rings. The molecule has 4 heteroatoms. The Balaban J connectivity index is 2.78. The number of methoxy groups -OCH3 is 1. The van der Waals surface area contributed by atoms with E-state index in [2.05, 4.69) is 12.2 Å². The molecule has 0 saturated carbocycles. The van der Waals surface area contributed by atoms with Crippen molar-refractivity contribution in [2.45, 2.75) is 13.3 Å². The van der Waals surface area contributed by atoms with E-state index in [9.17, 15) is 0 Å². The number of nitrogens with one attached hydrogen (secondary N) is 1. The Bertz CT molecular complexity index is 89.4. The third kappa shape index (κ3) is 11.8. The lowest BCUT2D eigenvalue weighted by molar-refractivity contribution is 0.0409. The minimum Gasteiger partial charge on any atom is -0.385 e. The van der Waals surface area contributed by atoms with Crippen LogP contribution in [0.25, 0.3) is 0 Å². The summed E-state index contributed by atoms with van der Waals surface area (Å²) < 4.78 is 15.5. The molecule has 86 valence electrons. The predicted octanol–water partition coefficient (Wildman–Crippen LogP) is 0.666. The van der Waals surface area contributed by atoms with Gasteiger partial charge in [-0.15, -0.1) is 0 Å². The number of ether oxygens (including phenoxy) is 3. The highest BCUT2D eigenvalue weighted by Gasteiger charge is 1.90. The average Bonchev–Trinajstić information content (AvgIpc) is 2.21. The molecule has 0 radical (unpaired) electrons. The summed E-state index contributed by atoms with van der Waals surface area (Å²) in [5, 5.41) is 3.18. The van der Waals surface area contributed by atoms with Gasteiger partial charge in [-0.25, -0.2) is 0 Å². The monoisotopic (exact) mass is 205 g/mol. The first-order valence-corrected chi connectivity index (χ1v) is 5.27. The lowest BCUT2D eigenvalue weighted by Gasteiger charge is -2.05. The summed E-state index contributed by atoms with van der Waals surface area (Å²) in [6, 6.07) is 0. The molecule has 0 spiro atoms. The second kappa shape index (κ2) is 12.8. The Hall–Kier alpha value is -0.160. The van der Waals surface area contributed by atoms with E-state index in [1.807, 2.05) is 0 Å². The minimum absolute atomic E-state index is 0.676. The van der Waals surface area contributed by atoms with Gasteiger partial charge in [-0.1, -0.05) is 6.92 Å². The van der Waals surface area contributed by atoms with Crippen molar-refractivity contribution in [2.75, 3.05) is 53.2 Å². The van der Waals surface area contributed by atoms with Crippen LogP contribution in [0.2, 0.25) is 0 Å². The SMILES string of the molecule is CCNCCOCCOCCCOC. The van der Waals surface area contributed by atoms with Crippen LogP contribution in [0.4, 0.5) is 0 Å². The summed E-state index contributed by atoms with van der Waals surface area (Å²) in [7, 11) is 1.70. The van der Waals surface area contributed by atoms with Crippen molar-refractivity contribution >= 4 is 0 Å². The third-order valence-electron chi connectivity index (χ3n) is 1.68. The smallest absolute Gasteiger partial charge is 0.0701 e. The highest BCUT2D eigenvalue weighted by atomic mass is 16.5. The summed E-state index contributed by atoms with van der Waals surface area (Å²) in [6.07, 6.45) is 0.952. The van der Waals surface area contributed by atoms with Gasteiger partial charge < -0.3 is 19.5 Å². The summed E-state index contributed by atoms with van der Waals surface area (Å²) in [5.74, 6) is 0. The van der Waals surface area contributed by atoms with Gasteiger partial charge in [0.15, 0.2) is 0 Å². The Labute approximate surface area is 86.9 Å². The van der Waals surface area contributed by atoms with Crippen LogP contribution in [-0.4, -0.2) is 53.2 Å². The molecule has 1 N–H and O–H groups in total. The lowest BCUT2D eigenvalue weighted by atomic mass is 10.5. The molecule has 14 heavy (non-hydrogen) atoms. The predicted molar refractivity (Wildman–Crippen MR) is 56.7 cm³/mol. The largest absolute Gasteiger partial charge is 0.385 e. The summed E-state index contributed by atoms with van der Waals surface area (Å²) >= 11 is 0. The molecule has 0 rings (SSSR count). The van der Waals surface area contributed by atoms with Crippen LogP contribution < -0.4 is 5.32 Å². The molecule has 0 bridgehead atoms. The summed E-state index contributed by atoms with van der Waals surface area (Å²) in [4.78, 5) is 0. The van der Waals surface area contributed by atoms with E-state index in [4.69, 9.17) is 14.2 Å². The third-order valence-corrected chi connectivity index (χ3v) is 1.68. The Morgan fingerprint density at radius 1 is 0.929 bits per heavy atom. The van der Waals surface area contributed by atoms with Crippen molar-refractivity contribution < 1.29 is 14.2 Å². The average molecular weight is 205 g/mol. The van der Waals surface area contributed by atoms with E-state index in [1.165, 1.54) is 0 Å². The van der Waals surface area contributed by atoms with E-state index in [0.29, 0.717) is 13.2 Å². The zero-order valence-electron chi connectivity index (χ0n) is 9.38. The quantitative estimate of drug-likeness (QED) is 0.503. The zero-order chi connectivity index (χ0) is 10.5. The Kier molecular flexibility index (Phi) is 12.7. The molecule has 0 aromatic carbocycles. The van der Waals surface area contributed by atoms with Crippen molar-refractivity contribution in [1.82, 2.24) is 5.32 Å². The molecule has 0 atom stereocenters. The number of hydrogen-bond donors (Lipinski definition) is 1. The molecule has 0 heterocycles. The van der Waals surface area contributed by atoms with Crippen LogP contribution in [0.3, 0.4) is 0 Å². The minimum atomic E-state index is 0.676. The molecule has 0 aromatic rings. The highest BCUT2D eigenvalue weighted by Crippen LogP contribution is 1.84. The van der Waals surface area contributed by atoms with E-state index in [0.717, 1.165) is 39.3 Å². The molecule has 0 aliphatic carbocycles. The topological polar surface area (TPSA) is 39.7 Å². The first-order valence-electron chi connectivity index (χ1n) is 5.27. The molecule has 0 unspecified atom stereocenters. The maximum Gasteiger partial charge on any atom is 0.0701 e. The summed E-state index contributed by atoms with van der Waals surface area (Å²) in [5.41, 5.74) is 0. The molecule has 0 amide bonds. The van der Waals surface area contributed by atoms with Crippen LogP contribution in [-0.2, 0) is 14.2 Å². The Morgan fingerprint density at radius 3 is 2.29 bits per heavy atom. The van der Waals surface area contributed by atoms with Crippen LogP contribution in [0.1, 0.15) is 13.3 Å². The van der Waals surface area contributed by atoms with Gasteiger partial charge in [0.25, 0.3) is 0 Å². The van der Waals surface area contributed by atoms with Gasteiger partial charge in [-0.3, -0.25) is 0 Å². The second-order valence-corrected chi connectivity index (χ2v) is 2.92. The van der Waals surface area contributed by atoms with Crippen molar-refractivity contribution in [3.8, 4) is 0 Å². The maximum atomic E-state index is 5.32. The van der Waals surface area contributed by atoms with Gasteiger partial charge >= 0.3 is 0 Å². The van der Waals surface area contributed by atoms with E-state index in [1.54, 1.807) is 7.11 Å². The first kappa shape index (κ1) is 13.8. The fraction of sp³-hybridized carbons (Fsp3) is 1.00. The number of rotatable bonds is 11. The standard InChI is InChI=1S/C10H23NO3/c1-3-11-5-8-14-10-9-13-7-4-6-12-2/h11H,3-10H2,1-2H3. The normalized spacial score (nSPS) is 10.7. The van der Waals surface area contributed by atoms with E-state index >= 15 is 0 Å². The van der Waals surface area contributed by atoms with E-state index < -0.39 is 0 Å². The van der Waals surface area contributed by atoms with Crippen molar-refractivity contribution in [1.29, 1.82) is 0 Å². The lowest BCUT2D eigenvalue weighted by Crippen LogP contribution is -2.20.